The summed E-state index contributed by atoms with van der Waals surface area (Å²) in [6.45, 7) is 0.649. The highest BCUT2D eigenvalue weighted by Crippen LogP contribution is 2.18. The Morgan fingerprint density at radius 2 is 1.63 bits per heavy atom. The van der Waals surface area contributed by atoms with Gasteiger partial charge in [-0.15, -0.1) is 0 Å². The highest BCUT2D eigenvalue weighted by Gasteiger charge is 2.19. The molecule has 0 aliphatic carbocycles. The van der Waals surface area contributed by atoms with Gasteiger partial charge in [0.05, 0.1) is 23.1 Å². The van der Waals surface area contributed by atoms with Crippen LogP contribution in [0.5, 0.6) is 0 Å². The van der Waals surface area contributed by atoms with Crippen LogP contribution in [0, 0.1) is 17.5 Å². The molecule has 0 bridgehead atoms. The van der Waals surface area contributed by atoms with Crippen LogP contribution in [0.1, 0.15) is 21.7 Å². The molecular weight excluding hydrogens is 391 g/mol. The minimum Gasteiger partial charge on any atom is -0.345 e. The van der Waals surface area contributed by atoms with Crippen LogP contribution in [0.25, 0.3) is 11.0 Å². The summed E-state index contributed by atoms with van der Waals surface area (Å²) in [5.41, 5.74) is 2.29. The van der Waals surface area contributed by atoms with Gasteiger partial charge in [0.1, 0.15) is 5.82 Å². The number of hydrogen-bond acceptors (Lipinski definition) is 2. The second-order valence-electron chi connectivity index (χ2n) is 6.81. The van der Waals surface area contributed by atoms with Crippen molar-refractivity contribution in [1.82, 2.24) is 14.9 Å². The first-order valence-corrected chi connectivity index (χ1v) is 9.44. The van der Waals surface area contributed by atoms with Crippen molar-refractivity contribution in [3.8, 4) is 0 Å². The molecule has 3 aromatic carbocycles. The fourth-order valence-electron chi connectivity index (χ4n) is 3.35. The number of fused-ring (bicyclic) bond motifs is 1. The van der Waals surface area contributed by atoms with Crippen molar-refractivity contribution < 1.29 is 18.0 Å². The first-order valence-electron chi connectivity index (χ1n) is 9.44. The Kier molecular flexibility index (Phi) is 5.52. The number of aryl methyl sites for hydroxylation is 2. The third-order valence-corrected chi connectivity index (χ3v) is 4.89. The number of halogens is 3. The smallest absolute Gasteiger partial charge is 0.254 e. The third-order valence-electron chi connectivity index (χ3n) is 4.89. The predicted molar refractivity (Wildman–Crippen MR) is 107 cm³/mol. The lowest BCUT2D eigenvalue weighted by atomic mass is 10.1. The van der Waals surface area contributed by atoms with Crippen LogP contribution in [-0.4, -0.2) is 15.5 Å². The first-order chi connectivity index (χ1) is 14.5. The molecule has 4 rings (SSSR count). The molecule has 0 aliphatic heterocycles. The molecule has 0 saturated carbocycles. The normalized spacial score (nSPS) is 11.0. The lowest BCUT2D eigenvalue weighted by Crippen LogP contribution is -2.26. The quantitative estimate of drug-likeness (QED) is 0.472. The van der Waals surface area contributed by atoms with E-state index in [9.17, 15) is 18.0 Å². The van der Waals surface area contributed by atoms with Crippen LogP contribution >= 0.6 is 0 Å². The van der Waals surface area contributed by atoms with Crippen molar-refractivity contribution in [2.75, 3.05) is 0 Å². The Labute approximate surface area is 171 Å². The van der Waals surface area contributed by atoms with Crippen molar-refractivity contribution >= 4 is 16.9 Å². The summed E-state index contributed by atoms with van der Waals surface area (Å²) in [5.74, 6) is -4.77. The number of hydrogen-bond donors (Lipinski definition) is 1. The van der Waals surface area contributed by atoms with Gasteiger partial charge in [-0.25, -0.2) is 18.2 Å². The average molecular weight is 409 g/mol. The Bertz CT molecular complexity index is 1210. The van der Waals surface area contributed by atoms with Gasteiger partial charge in [0.2, 0.25) is 0 Å². The van der Waals surface area contributed by atoms with Crippen LogP contribution in [0.15, 0.2) is 66.7 Å². The van der Waals surface area contributed by atoms with Gasteiger partial charge in [0.25, 0.3) is 5.91 Å². The predicted octanol–water partition coefficient (Wildman–Crippen LogP) is 4.63. The molecule has 1 amide bonds. The second kappa shape index (κ2) is 8.41. The molecule has 4 aromatic rings. The van der Waals surface area contributed by atoms with Crippen LogP contribution in [0.3, 0.4) is 0 Å². The summed E-state index contributed by atoms with van der Waals surface area (Å²) in [6.07, 6.45) is 0.764. The third kappa shape index (κ3) is 3.91. The summed E-state index contributed by atoms with van der Waals surface area (Å²) in [5, 5.41) is 2.55. The summed E-state index contributed by atoms with van der Waals surface area (Å²) < 4.78 is 42.4. The number of rotatable bonds is 6. The van der Waals surface area contributed by atoms with E-state index >= 15 is 0 Å². The van der Waals surface area contributed by atoms with Gasteiger partial charge in [0, 0.05) is 6.54 Å². The molecule has 0 spiro atoms. The molecule has 0 atom stereocenters. The monoisotopic (exact) mass is 409 g/mol. The maximum absolute atomic E-state index is 13.9. The van der Waals surface area contributed by atoms with E-state index in [0.717, 1.165) is 35.2 Å². The SMILES string of the molecule is O=C(NCc1nc2ccccc2n1CCc1ccccc1)c1ccc(F)c(F)c1F. The Balaban J connectivity index is 1.56. The topological polar surface area (TPSA) is 46.9 Å². The number of nitrogens with one attached hydrogen (secondary N) is 1. The van der Waals surface area contributed by atoms with Gasteiger partial charge in [-0.2, -0.15) is 0 Å². The zero-order valence-corrected chi connectivity index (χ0v) is 15.9. The van der Waals surface area contributed by atoms with E-state index in [-0.39, 0.29) is 6.54 Å². The molecule has 1 N–H and O–H groups in total. The Hall–Kier alpha value is -3.61. The van der Waals surface area contributed by atoms with Crippen LogP contribution in [-0.2, 0) is 19.5 Å². The first kappa shape index (κ1) is 19.7. The van der Waals surface area contributed by atoms with Crippen LogP contribution in [0.4, 0.5) is 13.2 Å². The van der Waals surface area contributed by atoms with Crippen molar-refractivity contribution in [3.05, 3.63) is 101 Å². The molecule has 0 aliphatic rings. The van der Waals surface area contributed by atoms with Crippen molar-refractivity contribution in [3.63, 3.8) is 0 Å². The number of benzene rings is 3. The van der Waals surface area contributed by atoms with Gasteiger partial charge in [-0.05, 0) is 36.2 Å². The van der Waals surface area contributed by atoms with Gasteiger partial charge >= 0.3 is 0 Å². The van der Waals surface area contributed by atoms with Crippen molar-refractivity contribution in [2.45, 2.75) is 19.5 Å². The fraction of sp³-hybridized carbons (Fsp3) is 0.130. The van der Waals surface area contributed by atoms with E-state index < -0.39 is 28.9 Å². The molecule has 0 saturated heterocycles. The molecule has 1 aromatic heterocycles. The Morgan fingerprint density at radius 3 is 2.43 bits per heavy atom. The highest BCUT2D eigenvalue weighted by atomic mass is 19.2. The van der Waals surface area contributed by atoms with Crippen LogP contribution < -0.4 is 5.32 Å². The molecule has 7 heteroatoms. The average Bonchev–Trinajstić information content (AvgIpc) is 3.12. The van der Waals surface area contributed by atoms with E-state index in [1.165, 1.54) is 0 Å². The molecule has 0 unspecified atom stereocenters. The number of nitrogens with zero attached hydrogens (tertiary/aromatic N) is 2. The molecule has 30 heavy (non-hydrogen) atoms. The summed E-state index contributed by atoms with van der Waals surface area (Å²) in [7, 11) is 0. The summed E-state index contributed by atoms with van der Waals surface area (Å²) >= 11 is 0. The van der Waals surface area contributed by atoms with Gasteiger partial charge < -0.3 is 9.88 Å². The zero-order chi connectivity index (χ0) is 21.1. The molecule has 4 nitrogen and oxygen atoms in total. The standard InChI is InChI=1S/C23H18F3N3O/c24-17-11-10-16(21(25)22(17)26)23(30)27-14-20-28-18-8-4-5-9-19(18)29(20)13-12-15-6-2-1-3-7-15/h1-11H,12-14H2,(H,27,30). The van der Waals surface area contributed by atoms with E-state index in [1.54, 1.807) is 0 Å². The number of carbonyl (C=O) groups excluding carboxylic acids is 1. The zero-order valence-electron chi connectivity index (χ0n) is 15.9. The van der Waals surface area contributed by atoms with E-state index in [2.05, 4.69) is 10.3 Å². The minimum atomic E-state index is -1.67. The summed E-state index contributed by atoms with van der Waals surface area (Å²) in [6, 6.07) is 19.2. The number of carbonyl (C=O) groups is 1. The molecular formula is C23H18F3N3O. The number of para-hydroxylation sites is 2. The van der Waals surface area contributed by atoms with Gasteiger partial charge in [-0.1, -0.05) is 42.5 Å². The number of imidazole rings is 1. The molecule has 0 fully saturated rings. The molecule has 152 valence electrons. The van der Waals surface area contributed by atoms with Crippen molar-refractivity contribution in [2.24, 2.45) is 0 Å². The van der Waals surface area contributed by atoms with Crippen molar-refractivity contribution in [1.29, 1.82) is 0 Å². The fourth-order valence-corrected chi connectivity index (χ4v) is 3.35. The highest BCUT2D eigenvalue weighted by molar-refractivity contribution is 5.94. The molecule has 1 heterocycles. The van der Waals surface area contributed by atoms with E-state index in [1.807, 2.05) is 59.2 Å². The minimum absolute atomic E-state index is 0.0146. The van der Waals surface area contributed by atoms with E-state index in [0.29, 0.717) is 12.4 Å². The van der Waals surface area contributed by atoms with Gasteiger partial charge in [-0.3, -0.25) is 4.79 Å². The molecule has 0 radical (unpaired) electrons. The van der Waals surface area contributed by atoms with Crippen LogP contribution in [0.2, 0.25) is 0 Å². The lowest BCUT2D eigenvalue weighted by molar-refractivity contribution is 0.0944. The largest absolute Gasteiger partial charge is 0.345 e. The summed E-state index contributed by atoms with van der Waals surface area (Å²) in [4.78, 5) is 16.9. The lowest BCUT2D eigenvalue weighted by Gasteiger charge is -2.11. The van der Waals surface area contributed by atoms with Gasteiger partial charge in [0.15, 0.2) is 17.5 Å². The maximum atomic E-state index is 13.9. The number of amides is 1. The van der Waals surface area contributed by atoms with E-state index in [4.69, 9.17) is 0 Å². The second-order valence-corrected chi connectivity index (χ2v) is 6.81. The Morgan fingerprint density at radius 1 is 0.900 bits per heavy atom. The number of aromatic nitrogens is 2. The maximum Gasteiger partial charge on any atom is 0.254 e.